The highest BCUT2D eigenvalue weighted by Crippen LogP contribution is 2.44. The summed E-state index contributed by atoms with van der Waals surface area (Å²) in [6.45, 7) is 3.96. The van der Waals surface area contributed by atoms with Crippen LogP contribution in [0.2, 0.25) is 0 Å². The molecule has 2 N–H and O–H groups in total. The van der Waals surface area contributed by atoms with Crippen molar-refractivity contribution >= 4 is 11.7 Å². The van der Waals surface area contributed by atoms with Crippen molar-refractivity contribution in [3.05, 3.63) is 64.9 Å². The van der Waals surface area contributed by atoms with E-state index >= 15 is 0 Å². The molecule has 6 nitrogen and oxygen atoms in total. The molecule has 1 aliphatic carbocycles. The van der Waals surface area contributed by atoms with Crippen LogP contribution in [0, 0.1) is 0 Å². The van der Waals surface area contributed by atoms with Crippen LogP contribution in [-0.2, 0) is 9.59 Å². The molecule has 0 bridgehead atoms. The summed E-state index contributed by atoms with van der Waals surface area (Å²) in [5.41, 5.74) is 3.22. The molecule has 0 aromatic heterocycles. The molecule has 2 aromatic carbocycles. The summed E-state index contributed by atoms with van der Waals surface area (Å²) in [6.07, 6.45) is 1.29. The molecule has 31 heavy (non-hydrogen) atoms. The molecular formula is C25H27NO5. The van der Waals surface area contributed by atoms with E-state index in [-0.39, 0.29) is 41.8 Å². The van der Waals surface area contributed by atoms with E-state index in [1.54, 1.807) is 12.1 Å². The third-order valence-electron chi connectivity index (χ3n) is 5.87. The summed E-state index contributed by atoms with van der Waals surface area (Å²) in [7, 11) is 1.48. The third kappa shape index (κ3) is 4.29. The number of amides is 1. The van der Waals surface area contributed by atoms with Crippen LogP contribution in [0.1, 0.15) is 56.1 Å². The number of carbonyl (C=O) groups excluding carboxylic acids is 2. The summed E-state index contributed by atoms with van der Waals surface area (Å²) in [5, 5.41) is 12.8. The molecular weight excluding hydrogens is 394 g/mol. The number of phenols is 1. The van der Waals surface area contributed by atoms with Crippen LogP contribution in [0.25, 0.3) is 0 Å². The number of rotatable bonds is 5. The summed E-state index contributed by atoms with van der Waals surface area (Å²) in [4.78, 5) is 25.7. The quantitative estimate of drug-likeness (QED) is 0.756. The van der Waals surface area contributed by atoms with Gasteiger partial charge in [0.25, 0.3) is 0 Å². The number of ketones is 1. The lowest BCUT2D eigenvalue weighted by molar-refractivity contribution is -0.122. The molecule has 0 fully saturated rings. The maximum Gasteiger partial charge on any atom is 0.225 e. The molecule has 6 heteroatoms. The lowest BCUT2D eigenvalue weighted by Crippen LogP contribution is -2.38. The van der Waals surface area contributed by atoms with Crippen molar-refractivity contribution in [3.63, 3.8) is 0 Å². The Balaban J connectivity index is 1.63. The topological polar surface area (TPSA) is 84.9 Å². The Morgan fingerprint density at radius 2 is 1.71 bits per heavy atom. The number of hydrogen-bond acceptors (Lipinski definition) is 5. The van der Waals surface area contributed by atoms with Crippen molar-refractivity contribution in [1.29, 1.82) is 0 Å². The Labute approximate surface area is 181 Å². The molecule has 2 aromatic rings. The van der Waals surface area contributed by atoms with Gasteiger partial charge in [-0.15, -0.1) is 0 Å². The Morgan fingerprint density at radius 1 is 1.00 bits per heavy atom. The lowest BCUT2D eigenvalue weighted by atomic mass is 9.73. The van der Waals surface area contributed by atoms with E-state index in [1.165, 1.54) is 13.2 Å². The van der Waals surface area contributed by atoms with Crippen molar-refractivity contribution in [2.24, 2.45) is 0 Å². The van der Waals surface area contributed by atoms with Gasteiger partial charge in [0.2, 0.25) is 5.91 Å². The van der Waals surface area contributed by atoms with Crippen LogP contribution in [0.5, 0.6) is 17.2 Å². The second kappa shape index (κ2) is 8.46. The monoisotopic (exact) mass is 421 g/mol. The van der Waals surface area contributed by atoms with Crippen molar-refractivity contribution in [2.75, 3.05) is 7.11 Å². The predicted molar refractivity (Wildman–Crippen MR) is 116 cm³/mol. The molecule has 1 amide bonds. The number of carbonyl (C=O) groups is 2. The molecule has 0 radical (unpaired) electrons. The van der Waals surface area contributed by atoms with Crippen LogP contribution in [-0.4, -0.2) is 30.0 Å². The van der Waals surface area contributed by atoms with Crippen LogP contribution >= 0.6 is 0 Å². The standard InChI is InChI=1S/C25H27NO5/c1-14(2)31-18-7-4-15(5-8-18)17-10-20-25(22(28)11-17)19(13-24(29)26-20)16-6-9-21(27)23(12-16)30-3/h4-9,12,14,17,19,27H,10-11,13H2,1-3H3,(H,26,29). The van der Waals surface area contributed by atoms with Crippen molar-refractivity contribution in [3.8, 4) is 17.2 Å². The average molecular weight is 421 g/mol. The van der Waals surface area contributed by atoms with Crippen molar-refractivity contribution in [2.45, 2.75) is 51.0 Å². The summed E-state index contributed by atoms with van der Waals surface area (Å²) in [6, 6.07) is 12.8. The molecule has 0 saturated heterocycles. The maximum absolute atomic E-state index is 13.2. The number of hydrogen-bond donors (Lipinski definition) is 2. The van der Waals surface area contributed by atoms with Crippen LogP contribution < -0.4 is 14.8 Å². The van der Waals surface area contributed by atoms with Gasteiger partial charge in [0.1, 0.15) is 5.75 Å². The number of allylic oxidation sites excluding steroid dienone is 2. The minimum Gasteiger partial charge on any atom is -0.504 e. The first-order chi connectivity index (χ1) is 14.9. The van der Waals surface area contributed by atoms with E-state index in [0.29, 0.717) is 29.9 Å². The van der Waals surface area contributed by atoms with Gasteiger partial charge in [0, 0.05) is 30.0 Å². The zero-order valence-electron chi connectivity index (χ0n) is 18.0. The highest BCUT2D eigenvalue weighted by atomic mass is 16.5. The molecule has 2 aliphatic rings. The largest absolute Gasteiger partial charge is 0.504 e. The van der Waals surface area contributed by atoms with E-state index < -0.39 is 0 Å². The number of nitrogens with one attached hydrogen (secondary N) is 1. The first kappa shape index (κ1) is 21.0. The van der Waals surface area contributed by atoms with Gasteiger partial charge in [-0.3, -0.25) is 9.59 Å². The molecule has 1 aliphatic heterocycles. The van der Waals surface area contributed by atoms with Crippen molar-refractivity contribution < 1.29 is 24.2 Å². The fourth-order valence-electron chi connectivity index (χ4n) is 4.48. The average Bonchev–Trinajstić information content (AvgIpc) is 2.73. The predicted octanol–water partition coefficient (Wildman–Crippen LogP) is 4.19. The molecule has 1 heterocycles. The number of aromatic hydroxyl groups is 1. The van der Waals surface area contributed by atoms with E-state index in [1.807, 2.05) is 38.1 Å². The Hall–Kier alpha value is -3.28. The van der Waals surface area contributed by atoms with Gasteiger partial charge in [-0.1, -0.05) is 18.2 Å². The SMILES string of the molecule is COc1cc(C2CC(=O)NC3=C2C(=O)CC(c2ccc(OC(C)C)cc2)C3)ccc1O. The highest BCUT2D eigenvalue weighted by Gasteiger charge is 2.38. The number of ether oxygens (including phenoxy) is 2. The molecule has 0 saturated carbocycles. The fourth-order valence-corrected chi connectivity index (χ4v) is 4.48. The molecule has 162 valence electrons. The van der Waals surface area contributed by atoms with Gasteiger partial charge >= 0.3 is 0 Å². The van der Waals surface area contributed by atoms with E-state index in [0.717, 1.165) is 16.9 Å². The zero-order valence-corrected chi connectivity index (χ0v) is 18.0. The summed E-state index contributed by atoms with van der Waals surface area (Å²) >= 11 is 0. The minimum absolute atomic E-state index is 0.00718. The lowest BCUT2D eigenvalue weighted by Gasteiger charge is -2.34. The van der Waals surface area contributed by atoms with Gasteiger partial charge in [-0.05, 0) is 61.6 Å². The minimum atomic E-state index is -0.339. The number of benzene rings is 2. The van der Waals surface area contributed by atoms with Crippen LogP contribution in [0.15, 0.2) is 53.7 Å². The first-order valence-electron chi connectivity index (χ1n) is 10.5. The first-order valence-corrected chi connectivity index (χ1v) is 10.5. The Bertz CT molecular complexity index is 1040. The van der Waals surface area contributed by atoms with E-state index in [4.69, 9.17) is 9.47 Å². The van der Waals surface area contributed by atoms with Gasteiger partial charge in [-0.2, -0.15) is 0 Å². The summed E-state index contributed by atoms with van der Waals surface area (Å²) < 4.78 is 10.9. The smallest absolute Gasteiger partial charge is 0.225 e. The van der Waals surface area contributed by atoms with Crippen LogP contribution in [0.3, 0.4) is 0 Å². The number of Topliss-reactive ketones (excluding diaryl/α,β-unsaturated/α-hetero) is 1. The normalized spacial score (nSPS) is 21.0. The number of phenolic OH excluding ortho intramolecular Hbond substituents is 1. The fraction of sp³-hybridized carbons (Fsp3) is 0.360. The van der Waals surface area contributed by atoms with Crippen molar-refractivity contribution in [1.82, 2.24) is 5.32 Å². The van der Waals surface area contributed by atoms with Gasteiger partial charge in [0.05, 0.1) is 13.2 Å². The van der Waals surface area contributed by atoms with Gasteiger partial charge in [-0.25, -0.2) is 0 Å². The Kier molecular flexibility index (Phi) is 5.72. The second-order valence-electron chi connectivity index (χ2n) is 8.39. The number of methoxy groups -OCH3 is 1. The van der Waals surface area contributed by atoms with Crippen LogP contribution in [0.4, 0.5) is 0 Å². The second-order valence-corrected chi connectivity index (χ2v) is 8.39. The van der Waals surface area contributed by atoms with Gasteiger partial charge < -0.3 is 19.9 Å². The zero-order chi connectivity index (χ0) is 22.1. The van der Waals surface area contributed by atoms with Gasteiger partial charge in [0.15, 0.2) is 17.3 Å². The maximum atomic E-state index is 13.2. The molecule has 2 unspecified atom stereocenters. The summed E-state index contributed by atoms with van der Waals surface area (Å²) in [5.74, 6) is 0.765. The van der Waals surface area contributed by atoms with E-state index in [2.05, 4.69) is 5.32 Å². The molecule has 0 spiro atoms. The Morgan fingerprint density at radius 3 is 2.39 bits per heavy atom. The molecule has 4 rings (SSSR count). The molecule has 2 atom stereocenters. The highest BCUT2D eigenvalue weighted by molar-refractivity contribution is 6.02. The third-order valence-corrected chi connectivity index (χ3v) is 5.87. The van der Waals surface area contributed by atoms with E-state index in [9.17, 15) is 14.7 Å².